The molecule has 0 saturated carbocycles. The lowest BCUT2D eigenvalue weighted by molar-refractivity contribution is -0.129. The summed E-state index contributed by atoms with van der Waals surface area (Å²) >= 11 is 7.59. The van der Waals surface area contributed by atoms with Crippen molar-refractivity contribution >= 4 is 50.0 Å². The number of carbonyl (C=O) groups excluding carboxylic acids is 1. The van der Waals surface area contributed by atoms with Gasteiger partial charge in [0.15, 0.2) is 9.84 Å². The van der Waals surface area contributed by atoms with Gasteiger partial charge < -0.3 is 9.88 Å². The molecule has 2 aromatic rings. The summed E-state index contributed by atoms with van der Waals surface area (Å²) in [4.78, 5) is 17.9. The fourth-order valence-electron chi connectivity index (χ4n) is 3.57. The number of H-pyrrole nitrogens is 1. The number of aromatic amines is 1. The molecule has 134 valence electrons. The molecule has 1 atom stereocenters. The van der Waals surface area contributed by atoms with E-state index in [1.807, 2.05) is 23.1 Å². The van der Waals surface area contributed by atoms with Gasteiger partial charge in [0.05, 0.1) is 17.3 Å². The number of amides is 1. The van der Waals surface area contributed by atoms with Crippen molar-refractivity contribution in [3.8, 4) is 0 Å². The van der Waals surface area contributed by atoms with Gasteiger partial charge >= 0.3 is 0 Å². The summed E-state index contributed by atoms with van der Waals surface area (Å²) < 4.78 is 23.0. The van der Waals surface area contributed by atoms with Crippen LogP contribution in [-0.4, -0.2) is 53.3 Å². The second kappa shape index (κ2) is 6.52. The second-order valence-electron chi connectivity index (χ2n) is 6.67. The minimum Gasteiger partial charge on any atom is -0.358 e. The molecule has 2 aliphatic heterocycles. The maximum absolute atomic E-state index is 12.6. The number of hydrogen-bond donors (Lipinski definition) is 1. The lowest BCUT2D eigenvalue weighted by Gasteiger charge is -2.27. The minimum absolute atomic E-state index is 0.0567. The van der Waals surface area contributed by atoms with Crippen molar-refractivity contribution in [2.75, 3.05) is 23.8 Å². The number of fused-ring (bicyclic) bond motifs is 3. The topological polar surface area (TPSA) is 70.2 Å². The Morgan fingerprint density at radius 2 is 2.24 bits per heavy atom. The zero-order valence-electron chi connectivity index (χ0n) is 13.6. The molecule has 25 heavy (non-hydrogen) atoms. The first-order valence-electron chi connectivity index (χ1n) is 8.30. The number of nitrogens with one attached hydrogen (secondary N) is 1. The fourth-order valence-corrected chi connectivity index (χ4v) is 7.29. The lowest BCUT2D eigenvalue weighted by atomic mass is 10.0. The molecule has 0 spiro atoms. The Kier molecular flexibility index (Phi) is 4.50. The summed E-state index contributed by atoms with van der Waals surface area (Å²) in [6.07, 6.45) is 1.46. The summed E-state index contributed by atoms with van der Waals surface area (Å²) in [5.74, 6) is 0.882. The van der Waals surface area contributed by atoms with E-state index in [9.17, 15) is 13.2 Å². The summed E-state index contributed by atoms with van der Waals surface area (Å²) in [5, 5.41) is 1.83. The Morgan fingerprint density at radius 1 is 1.40 bits per heavy atom. The first-order valence-corrected chi connectivity index (χ1v) is 11.5. The van der Waals surface area contributed by atoms with Gasteiger partial charge in [-0.25, -0.2) is 8.42 Å². The standard InChI is InChI=1S/C17H19ClN2O3S2/c18-11-1-2-15-13(7-11)14-8-20(5-3-16(14)19-15)17(21)9-24-12-4-6-25(22,23)10-12/h1-2,7,12,19H,3-6,8-10H2. The molecule has 0 aliphatic carbocycles. The van der Waals surface area contributed by atoms with E-state index in [0.29, 0.717) is 30.3 Å². The van der Waals surface area contributed by atoms with Gasteiger partial charge in [-0.3, -0.25) is 4.79 Å². The Morgan fingerprint density at radius 3 is 3.00 bits per heavy atom. The zero-order chi connectivity index (χ0) is 17.6. The van der Waals surface area contributed by atoms with Crippen LogP contribution in [-0.2, 0) is 27.6 Å². The molecule has 1 unspecified atom stereocenters. The van der Waals surface area contributed by atoms with Gasteiger partial charge in [-0.1, -0.05) is 11.6 Å². The summed E-state index contributed by atoms with van der Waals surface area (Å²) in [6.45, 7) is 1.27. The number of benzene rings is 1. The maximum Gasteiger partial charge on any atom is 0.232 e. The van der Waals surface area contributed by atoms with Crippen molar-refractivity contribution in [3.05, 3.63) is 34.5 Å². The van der Waals surface area contributed by atoms with Crippen LogP contribution < -0.4 is 0 Å². The first-order chi connectivity index (χ1) is 11.9. The van der Waals surface area contributed by atoms with Crippen LogP contribution >= 0.6 is 23.4 Å². The highest BCUT2D eigenvalue weighted by Crippen LogP contribution is 2.30. The van der Waals surface area contributed by atoms with Gasteiger partial charge in [0, 0.05) is 51.9 Å². The normalized spacial score (nSPS) is 22.3. The Labute approximate surface area is 156 Å². The third-order valence-corrected chi connectivity index (χ3v) is 8.42. The van der Waals surface area contributed by atoms with E-state index in [1.54, 1.807) is 0 Å². The molecule has 1 N–H and O–H groups in total. The Balaban J connectivity index is 1.44. The van der Waals surface area contributed by atoms with Crippen molar-refractivity contribution < 1.29 is 13.2 Å². The molecule has 4 rings (SSSR count). The van der Waals surface area contributed by atoms with Crippen molar-refractivity contribution in [3.63, 3.8) is 0 Å². The van der Waals surface area contributed by atoms with Crippen molar-refractivity contribution in [2.45, 2.75) is 24.6 Å². The van der Waals surface area contributed by atoms with Gasteiger partial charge in [0.25, 0.3) is 0 Å². The SMILES string of the molecule is O=C(CSC1CCS(=O)(=O)C1)N1CCc2[nH]c3ccc(Cl)cc3c2C1. The molecule has 2 aliphatic rings. The Bertz CT molecular complexity index is 939. The van der Waals surface area contributed by atoms with Crippen LogP contribution in [0.15, 0.2) is 18.2 Å². The average Bonchev–Trinajstić information content (AvgIpc) is 3.11. The molecule has 8 heteroatoms. The van der Waals surface area contributed by atoms with Crippen molar-refractivity contribution in [1.29, 1.82) is 0 Å². The summed E-state index contributed by atoms with van der Waals surface area (Å²) in [5.41, 5.74) is 3.37. The van der Waals surface area contributed by atoms with E-state index >= 15 is 0 Å². The van der Waals surface area contributed by atoms with Crippen LogP contribution in [0.2, 0.25) is 5.02 Å². The van der Waals surface area contributed by atoms with Gasteiger partial charge in [0.2, 0.25) is 5.91 Å². The first kappa shape index (κ1) is 17.2. The summed E-state index contributed by atoms with van der Waals surface area (Å²) in [7, 11) is -2.89. The minimum atomic E-state index is -2.89. The number of carbonyl (C=O) groups is 1. The number of nitrogens with zero attached hydrogens (tertiary/aromatic N) is 1. The number of aromatic nitrogens is 1. The molecular weight excluding hydrogens is 380 g/mol. The largest absolute Gasteiger partial charge is 0.358 e. The van der Waals surface area contributed by atoms with Crippen LogP contribution in [0, 0.1) is 0 Å². The highest BCUT2D eigenvalue weighted by molar-refractivity contribution is 8.02. The number of halogens is 1. The molecule has 1 aromatic heterocycles. The molecule has 1 amide bonds. The quantitative estimate of drug-likeness (QED) is 0.862. The molecular formula is C17H19ClN2O3S2. The van der Waals surface area contributed by atoms with E-state index in [4.69, 9.17) is 11.6 Å². The fraction of sp³-hybridized carbons (Fsp3) is 0.471. The number of thioether (sulfide) groups is 1. The predicted molar refractivity (Wildman–Crippen MR) is 102 cm³/mol. The van der Waals surface area contributed by atoms with Gasteiger partial charge in [0.1, 0.15) is 0 Å². The van der Waals surface area contributed by atoms with Crippen LogP contribution in [0.5, 0.6) is 0 Å². The predicted octanol–water partition coefficient (Wildman–Crippen LogP) is 2.63. The molecule has 5 nitrogen and oxygen atoms in total. The zero-order valence-corrected chi connectivity index (χ0v) is 16.0. The molecule has 1 saturated heterocycles. The molecule has 3 heterocycles. The van der Waals surface area contributed by atoms with Crippen molar-refractivity contribution in [2.24, 2.45) is 0 Å². The van der Waals surface area contributed by atoms with Crippen LogP contribution in [0.1, 0.15) is 17.7 Å². The van der Waals surface area contributed by atoms with E-state index in [1.165, 1.54) is 17.5 Å². The average molecular weight is 399 g/mol. The molecule has 0 radical (unpaired) electrons. The number of sulfone groups is 1. The number of rotatable bonds is 3. The summed E-state index contributed by atoms with van der Waals surface area (Å²) in [6, 6.07) is 5.78. The van der Waals surface area contributed by atoms with Gasteiger partial charge in [-0.2, -0.15) is 0 Å². The van der Waals surface area contributed by atoms with Crippen molar-refractivity contribution in [1.82, 2.24) is 9.88 Å². The van der Waals surface area contributed by atoms with Gasteiger partial charge in [-0.15, -0.1) is 11.8 Å². The smallest absolute Gasteiger partial charge is 0.232 e. The Hall–Kier alpha value is -1.18. The van der Waals surface area contributed by atoms with Gasteiger partial charge in [-0.05, 0) is 24.6 Å². The maximum atomic E-state index is 12.6. The third-order valence-electron chi connectivity index (χ3n) is 4.92. The van der Waals surface area contributed by atoms with E-state index in [-0.39, 0.29) is 22.7 Å². The van der Waals surface area contributed by atoms with Crippen LogP contribution in [0.4, 0.5) is 0 Å². The van der Waals surface area contributed by atoms with E-state index < -0.39 is 9.84 Å². The molecule has 0 bridgehead atoms. The monoisotopic (exact) mass is 398 g/mol. The third kappa shape index (κ3) is 3.55. The van der Waals surface area contributed by atoms with Crippen LogP contribution in [0.3, 0.4) is 0 Å². The molecule has 1 fully saturated rings. The highest BCUT2D eigenvalue weighted by Gasteiger charge is 2.30. The van der Waals surface area contributed by atoms with E-state index in [0.717, 1.165) is 22.9 Å². The lowest BCUT2D eigenvalue weighted by Crippen LogP contribution is -2.37. The number of hydrogen-bond acceptors (Lipinski definition) is 4. The van der Waals surface area contributed by atoms with E-state index in [2.05, 4.69) is 4.98 Å². The second-order valence-corrected chi connectivity index (χ2v) is 10.6. The highest BCUT2D eigenvalue weighted by atomic mass is 35.5. The molecule has 1 aromatic carbocycles. The van der Waals surface area contributed by atoms with Crippen LogP contribution in [0.25, 0.3) is 10.9 Å².